The van der Waals surface area contributed by atoms with Gasteiger partial charge in [-0.05, 0) is 25.7 Å². The van der Waals surface area contributed by atoms with Crippen molar-refractivity contribution in [2.24, 2.45) is 5.41 Å². The zero-order valence-electron chi connectivity index (χ0n) is 11.2. The molecule has 0 aromatic rings. The highest BCUT2D eigenvalue weighted by Gasteiger charge is 2.24. The Hall–Kier alpha value is -0.830. The van der Waals surface area contributed by atoms with Crippen molar-refractivity contribution in [1.29, 1.82) is 0 Å². The summed E-state index contributed by atoms with van der Waals surface area (Å²) in [6, 6.07) is 0. The van der Waals surface area contributed by atoms with E-state index in [1.165, 1.54) is 6.08 Å². The van der Waals surface area contributed by atoms with Crippen molar-refractivity contribution < 1.29 is 9.53 Å². The Kier molecular flexibility index (Phi) is 5.73. The maximum absolute atomic E-state index is 10.8. The first kappa shape index (κ1) is 15.2. The summed E-state index contributed by atoms with van der Waals surface area (Å²) in [6.07, 6.45) is 2.25. The lowest BCUT2D eigenvalue weighted by Gasteiger charge is -2.33. The molecule has 0 atom stereocenters. The summed E-state index contributed by atoms with van der Waals surface area (Å²) in [6.45, 7) is 15.4. The van der Waals surface area contributed by atoms with Crippen molar-refractivity contribution in [3.63, 3.8) is 0 Å². The fourth-order valence-corrected chi connectivity index (χ4v) is 1.99. The zero-order chi connectivity index (χ0) is 12.8. The van der Waals surface area contributed by atoms with Gasteiger partial charge in [0.05, 0.1) is 0 Å². The molecule has 0 aliphatic carbocycles. The quantitative estimate of drug-likeness (QED) is 0.430. The molecule has 1 N–H and O–H groups in total. The van der Waals surface area contributed by atoms with Crippen molar-refractivity contribution in [2.45, 2.75) is 46.6 Å². The first-order valence-electron chi connectivity index (χ1n) is 5.70. The SMILES string of the molecule is C=CC(=O)OCCNC(C)(C)CC(C)(C)C. The summed E-state index contributed by atoms with van der Waals surface area (Å²) >= 11 is 0. The highest BCUT2D eigenvalue weighted by atomic mass is 16.5. The van der Waals surface area contributed by atoms with Crippen LogP contribution in [0.5, 0.6) is 0 Å². The monoisotopic (exact) mass is 227 g/mol. The Morgan fingerprint density at radius 2 is 1.88 bits per heavy atom. The van der Waals surface area contributed by atoms with E-state index in [1.807, 2.05) is 0 Å². The van der Waals surface area contributed by atoms with E-state index in [1.54, 1.807) is 0 Å². The van der Waals surface area contributed by atoms with Crippen LogP contribution < -0.4 is 5.32 Å². The summed E-state index contributed by atoms with van der Waals surface area (Å²) in [5.41, 5.74) is 0.340. The minimum Gasteiger partial charge on any atom is -0.461 e. The molecular weight excluding hydrogens is 202 g/mol. The highest BCUT2D eigenvalue weighted by Crippen LogP contribution is 2.26. The standard InChI is InChI=1S/C13H25NO2/c1-7-11(15)16-9-8-14-13(5,6)10-12(2,3)4/h7,14H,1,8-10H2,2-6H3. The van der Waals surface area contributed by atoms with Crippen molar-refractivity contribution in [3.05, 3.63) is 12.7 Å². The predicted octanol–water partition coefficient (Wildman–Crippen LogP) is 2.52. The summed E-state index contributed by atoms with van der Waals surface area (Å²) < 4.78 is 4.90. The van der Waals surface area contributed by atoms with E-state index >= 15 is 0 Å². The van der Waals surface area contributed by atoms with Crippen LogP contribution in [0.2, 0.25) is 0 Å². The first-order valence-corrected chi connectivity index (χ1v) is 5.70. The average Bonchev–Trinajstić information content (AvgIpc) is 2.08. The fraction of sp³-hybridized carbons (Fsp3) is 0.769. The van der Waals surface area contributed by atoms with Gasteiger partial charge in [-0.1, -0.05) is 27.4 Å². The molecule has 0 heterocycles. The van der Waals surface area contributed by atoms with Crippen LogP contribution in [0.3, 0.4) is 0 Å². The summed E-state index contributed by atoms with van der Waals surface area (Å²) in [5, 5.41) is 3.38. The second-order valence-electron chi connectivity index (χ2n) is 5.92. The molecule has 3 heteroatoms. The summed E-state index contributed by atoms with van der Waals surface area (Å²) in [4.78, 5) is 10.8. The first-order chi connectivity index (χ1) is 7.16. The molecule has 0 aliphatic rings. The van der Waals surface area contributed by atoms with E-state index < -0.39 is 0 Å². The van der Waals surface area contributed by atoms with Gasteiger partial charge in [-0.25, -0.2) is 4.79 Å². The van der Waals surface area contributed by atoms with Crippen molar-refractivity contribution >= 4 is 5.97 Å². The molecule has 0 amide bonds. The predicted molar refractivity (Wildman–Crippen MR) is 67.3 cm³/mol. The van der Waals surface area contributed by atoms with Crippen LogP contribution in [-0.2, 0) is 9.53 Å². The van der Waals surface area contributed by atoms with E-state index in [-0.39, 0.29) is 16.9 Å². The number of nitrogens with one attached hydrogen (secondary N) is 1. The van der Waals surface area contributed by atoms with Crippen LogP contribution in [0.25, 0.3) is 0 Å². The number of hydrogen-bond donors (Lipinski definition) is 1. The van der Waals surface area contributed by atoms with Crippen molar-refractivity contribution in [2.75, 3.05) is 13.2 Å². The topological polar surface area (TPSA) is 38.3 Å². The van der Waals surface area contributed by atoms with Crippen LogP contribution >= 0.6 is 0 Å². The Labute approximate surface area is 99.3 Å². The second kappa shape index (κ2) is 6.04. The smallest absolute Gasteiger partial charge is 0.330 e. The van der Waals surface area contributed by atoms with E-state index in [2.05, 4.69) is 46.5 Å². The zero-order valence-corrected chi connectivity index (χ0v) is 11.2. The molecule has 0 spiro atoms. The van der Waals surface area contributed by atoms with Gasteiger partial charge in [0.15, 0.2) is 0 Å². The lowest BCUT2D eigenvalue weighted by molar-refractivity contribution is -0.137. The largest absolute Gasteiger partial charge is 0.461 e. The van der Waals surface area contributed by atoms with E-state index in [4.69, 9.17) is 4.74 Å². The lowest BCUT2D eigenvalue weighted by atomic mass is 9.82. The minimum atomic E-state index is -0.365. The van der Waals surface area contributed by atoms with E-state index in [0.29, 0.717) is 13.2 Å². The molecule has 3 nitrogen and oxygen atoms in total. The molecular formula is C13H25NO2. The maximum Gasteiger partial charge on any atom is 0.330 e. The molecule has 0 aromatic heterocycles. The van der Waals surface area contributed by atoms with Gasteiger partial charge >= 0.3 is 5.97 Å². The molecule has 0 aliphatic heterocycles. The van der Waals surface area contributed by atoms with Crippen LogP contribution in [0.4, 0.5) is 0 Å². The van der Waals surface area contributed by atoms with Gasteiger partial charge < -0.3 is 10.1 Å². The Morgan fingerprint density at radius 1 is 1.31 bits per heavy atom. The molecule has 0 unspecified atom stereocenters. The maximum atomic E-state index is 10.8. The number of esters is 1. The Balaban J connectivity index is 3.82. The Bertz CT molecular complexity index is 239. The van der Waals surface area contributed by atoms with Gasteiger partial charge in [0.2, 0.25) is 0 Å². The van der Waals surface area contributed by atoms with E-state index in [0.717, 1.165) is 6.42 Å². The number of carbonyl (C=O) groups excluding carboxylic acids is 1. The molecule has 16 heavy (non-hydrogen) atoms. The number of ether oxygens (including phenoxy) is 1. The average molecular weight is 227 g/mol. The number of carbonyl (C=O) groups is 1. The highest BCUT2D eigenvalue weighted by molar-refractivity contribution is 5.81. The normalized spacial score (nSPS) is 12.3. The van der Waals surface area contributed by atoms with Gasteiger partial charge in [-0.15, -0.1) is 0 Å². The third-order valence-electron chi connectivity index (χ3n) is 2.09. The number of rotatable bonds is 6. The third kappa shape index (κ3) is 8.48. The van der Waals surface area contributed by atoms with Crippen molar-refractivity contribution in [1.82, 2.24) is 5.32 Å². The fourth-order valence-electron chi connectivity index (χ4n) is 1.99. The molecule has 0 radical (unpaired) electrons. The minimum absolute atomic E-state index is 0.0544. The van der Waals surface area contributed by atoms with Crippen LogP contribution in [-0.4, -0.2) is 24.7 Å². The second-order valence-corrected chi connectivity index (χ2v) is 5.92. The van der Waals surface area contributed by atoms with Gasteiger partial charge in [0.25, 0.3) is 0 Å². The Morgan fingerprint density at radius 3 is 2.31 bits per heavy atom. The molecule has 0 bridgehead atoms. The molecule has 0 rings (SSSR count). The molecule has 0 aromatic carbocycles. The summed E-state index contributed by atoms with van der Waals surface area (Å²) in [5.74, 6) is -0.365. The molecule has 0 saturated heterocycles. The number of hydrogen-bond acceptors (Lipinski definition) is 3. The third-order valence-corrected chi connectivity index (χ3v) is 2.09. The van der Waals surface area contributed by atoms with Gasteiger partial charge in [-0.3, -0.25) is 0 Å². The van der Waals surface area contributed by atoms with Crippen LogP contribution in [0.15, 0.2) is 12.7 Å². The molecule has 94 valence electrons. The van der Waals surface area contributed by atoms with Crippen molar-refractivity contribution in [3.8, 4) is 0 Å². The van der Waals surface area contributed by atoms with E-state index in [9.17, 15) is 4.79 Å². The van der Waals surface area contributed by atoms with Gasteiger partial charge in [0, 0.05) is 18.2 Å². The lowest BCUT2D eigenvalue weighted by Crippen LogP contribution is -2.43. The van der Waals surface area contributed by atoms with Gasteiger partial charge in [-0.2, -0.15) is 0 Å². The summed E-state index contributed by atoms with van der Waals surface area (Å²) in [7, 11) is 0. The molecule has 0 saturated carbocycles. The van der Waals surface area contributed by atoms with Crippen LogP contribution in [0, 0.1) is 5.41 Å². The van der Waals surface area contributed by atoms with Gasteiger partial charge in [0.1, 0.15) is 6.61 Å². The molecule has 0 fully saturated rings. The van der Waals surface area contributed by atoms with Crippen LogP contribution in [0.1, 0.15) is 41.0 Å².